The minimum Gasteiger partial charge on any atom is -0.379 e. The first-order valence-corrected chi connectivity index (χ1v) is 8.35. The zero-order valence-electron chi connectivity index (χ0n) is 11.7. The number of rotatable bonds is 14. The number of ether oxygens (including phenoxy) is 3. The van der Waals surface area contributed by atoms with Crippen molar-refractivity contribution in [2.75, 3.05) is 45.4 Å². The topological polar surface area (TPSA) is 82.1 Å². The summed E-state index contributed by atoms with van der Waals surface area (Å²) >= 11 is 0. The largest absolute Gasteiger partial charge is 0.379 e. The summed E-state index contributed by atoms with van der Waals surface area (Å²) in [5.74, 6) is -0.206. The average molecular weight is 298 g/mol. The van der Waals surface area contributed by atoms with E-state index >= 15 is 0 Å². The molecule has 116 valence electrons. The maximum atomic E-state index is 10.4. The number of hydrogen-bond donors (Lipinski definition) is 1. The molecule has 6 nitrogen and oxygen atoms in total. The van der Waals surface area contributed by atoms with Gasteiger partial charge in [-0.2, -0.15) is 8.42 Å². The molecule has 0 spiro atoms. The molecule has 0 aromatic carbocycles. The Hall–Kier alpha value is -0.210. The predicted molar refractivity (Wildman–Crippen MR) is 73.0 cm³/mol. The summed E-state index contributed by atoms with van der Waals surface area (Å²) in [4.78, 5) is 0. The highest BCUT2D eigenvalue weighted by molar-refractivity contribution is 7.85. The van der Waals surface area contributed by atoms with Crippen LogP contribution in [0, 0.1) is 0 Å². The highest BCUT2D eigenvalue weighted by atomic mass is 32.2. The normalized spacial score (nSPS) is 11.9. The van der Waals surface area contributed by atoms with E-state index in [-0.39, 0.29) is 5.75 Å². The fourth-order valence-electron chi connectivity index (χ4n) is 1.28. The molecule has 0 aliphatic rings. The zero-order valence-corrected chi connectivity index (χ0v) is 12.5. The van der Waals surface area contributed by atoms with Gasteiger partial charge in [0.05, 0.1) is 32.2 Å². The predicted octanol–water partition coefficient (Wildman–Crippen LogP) is 1.50. The second-order valence-electron chi connectivity index (χ2n) is 4.18. The van der Waals surface area contributed by atoms with Crippen molar-refractivity contribution in [2.24, 2.45) is 0 Å². The molecule has 0 aromatic rings. The molecule has 0 saturated carbocycles. The molecule has 19 heavy (non-hydrogen) atoms. The third kappa shape index (κ3) is 17.8. The summed E-state index contributed by atoms with van der Waals surface area (Å²) in [5, 5.41) is 0. The molecule has 0 unspecified atom stereocenters. The van der Waals surface area contributed by atoms with Gasteiger partial charge in [-0.1, -0.05) is 13.3 Å². The van der Waals surface area contributed by atoms with Gasteiger partial charge in [0.2, 0.25) is 0 Å². The molecule has 0 heterocycles. The summed E-state index contributed by atoms with van der Waals surface area (Å²) in [5.41, 5.74) is 0. The second kappa shape index (κ2) is 12.8. The van der Waals surface area contributed by atoms with Crippen molar-refractivity contribution in [1.82, 2.24) is 0 Å². The van der Waals surface area contributed by atoms with Gasteiger partial charge in [-0.15, -0.1) is 0 Å². The average Bonchev–Trinajstić information content (AvgIpc) is 2.34. The van der Waals surface area contributed by atoms with Crippen molar-refractivity contribution in [2.45, 2.75) is 32.6 Å². The van der Waals surface area contributed by atoms with Gasteiger partial charge in [-0.25, -0.2) is 0 Å². The lowest BCUT2D eigenvalue weighted by atomic mass is 10.4. The van der Waals surface area contributed by atoms with E-state index < -0.39 is 10.1 Å². The van der Waals surface area contributed by atoms with Crippen LogP contribution in [-0.4, -0.2) is 58.4 Å². The molecule has 0 fully saturated rings. The van der Waals surface area contributed by atoms with Crippen molar-refractivity contribution in [3.63, 3.8) is 0 Å². The van der Waals surface area contributed by atoms with E-state index in [1.54, 1.807) is 0 Å². The number of unbranched alkanes of at least 4 members (excludes halogenated alkanes) is 2. The Morgan fingerprint density at radius 2 is 1.26 bits per heavy atom. The molecule has 0 bridgehead atoms. The minimum absolute atomic E-state index is 0.206. The highest BCUT2D eigenvalue weighted by Crippen LogP contribution is 1.94. The summed E-state index contributed by atoms with van der Waals surface area (Å²) in [6.45, 7) is 5.55. The third-order valence-corrected chi connectivity index (χ3v) is 3.13. The first kappa shape index (κ1) is 18.8. The van der Waals surface area contributed by atoms with Gasteiger partial charge >= 0.3 is 0 Å². The quantitative estimate of drug-likeness (QED) is 0.386. The van der Waals surface area contributed by atoms with Crippen LogP contribution in [0.25, 0.3) is 0 Å². The minimum atomic E-state index is -3.83. The fraction of sp³-hybridized carbons (Fsp3) is 1.00. The van der Waals surface area contributed by atoms with Gasteiger partial charge in [0.1, 0.15) is 0 Å². The van der Waals surface area contributed by atoms with Crippen LogP contribution in [0.2, 0.25) is 0 Å². The Morgan fingerprint density at radius 1 is 0.789 bits per heavy atom. The Kier molecular flexibility index (Phi) is 12.7. The van der Waals surface area contributed by atoms with Crippen LogP contribution >= 0.6 is 0 Å². The van der Waals surface area contributed by atoms with Gasteiger partial charge in [0.25, 0.3) is 10.1 Å². The molecular weight excluding hydrogens is 272 g/mol. The van der Waals surface area contributed by atoms with E-state index in [4.69, 9.17) is 18.8 Å². The van der Waals surface area contributed by atoms with Crippen molar-refractivity contribution in [3.05, 3.63) is 0 Å². The van der Waals surface area contributed by atoms with Crippen molar-refractivity contribution in [3.8, 4) is 0 Å². The standard InChI is InChI=1S/C12H26O6S/c1-2-3-6-16-8-10-18-11-9-17-7-4-5-12-19(13,14)15/h2-12H2,1H3,(H,13,14,15). The lowest BCUT2D eigenvalue weighted by Crippen LogP contribution is -2.10. The highest BCUT2D eigenvalue weighted by Gasteiger charge is 2.02. The molecule has 0 aliphatic heterocycles. The Morgan fingerprint density at radius 3 is 1.74 bits per heavy atom. The van der Waals surface area contributed by atoms with Crippen LogP contribution in [-0.2, 0) is 24.3 Å². The van der Waals surface area contributed by atoms with Crippen LogP contribution in [0.5, 0.6) is 0 Å². The summed E-state index contributed by atoms with van der Waals surface area (Å²) in [7, 11) is -3.83. The van der Waals surface area contributed by atoms with Crippen LogP contribution in [0.4, 0.5) is 0 Å². The van der Waals surface area contributed by atoms with Crippen LogP contribution in [0.15, 0.2) is 0 Å². The van der Waals surface area contributed by atoms with E-state index in [9.17, 15) is 8.42 Å². The Bertz CT molecular complexity index is 278. The van der Waals surface area contributed by atoms with E-state index in [0.717, 1.165) is 19.4 Å². The van der Waals surface area contributed by atoms with Gasteiger partial charge < -0.3 is 14.2 Å². The van der Waals surface area contributed by atoms with Crippen molar-refractivity contribution in [1.29, 1.82) is 0 Å². The summed E-state index contributed by atoms with van der Waals surface area (Å²) < 4.78 is 45.2. The van der Waals surface area contributed by atoms with Crippen LogP contribution in [0.1, 0.15) is 32.6 Å². The second-order valence-corrected chi connectivity index (χ2v) is 5.76. The lowest BCUT2D eigenvalue weighted by Gasteiger charge is -2.06. The molecule has 0 rings (SSSR count). The molecule has 0 aliphatic carbocycles. The van der Waals surface area contributed by atoms with E-state index in [1.807, 2.05) is 0 Å². The van der Waals surface area contributed by atoms with Crippen molar-refractivity contribution < 1.29 is 27.2 Å². The lowest BCUT2D eigenvalue weighted by molar-refractivity contribution is 0.0136. The van der Waals surface area contributed by atoms with E-state index in [1.165, 1.54) is 0 Å². The molecule has 0 radical (unpaired) electrons. The maximum Gasteiger partial charge on any atom is 0.264 e. The SMILES string of the molecule is CCCCOCCOCCOCCCCS(=O)(=O)O. The smallest absolute Gasteiger partial charge is 0.264 e. The van der Waals surface area contributed by atoms with E-state index in [0.29, 0.717) is 45.9 Å². The fourth-order valence-corrected chi connectivity index (χ4v) is 1.85. The molecule has 0 saturated heterocycles. The first-order chi connectivity index (χ1) is 9.06. The van der Waals surface area contributed by atoms with E-state index in [2.05, 4.69) is 6.92 Å². The number of hydrogen-bond acceptors (Lipinski definition) is 5. The summed E-state index contributed by atoms with van der Waals surface area (Å²) in [6, 6.07) is 0. The van der Waals surface area contributed by atoms with Gasteiger partial charge in [0, 0.05) is 13.2 Å². The maximum absolute atomic E-state index is 10.4. The Balaban J connectivity index is 3.03. The monoisotopic (exact) mass is 298 g/mol. The molecule has 1 N–H and O–H groups in total. The third-order valence-electron chi connectivity index (χ3n) is 2.33. The summed E-state index contributed by atoms with van der Waals surface area (Å²) in [6.07, 6.45) is 3.23. The molecule has 0 aromatic heterocycles. The first-order valence-electron chi connectivity index (χ1n) is 6.74. The van der Waals surface area contributed by atoms with Gasteiger partial charge in [0.15, 0.2) is 0 Å². The Labute approximate surface area is 116 Å². The molecule has 7 heteroatoms. The van der Waals surface area contributed by atoms with Crippen molar-refractivity contribution >= 4 is 10.1 Å². The molecule has 0 atom stereocenters. The van der Waals surface area contributed by atoms with Crippen LogP contribution in [0.3, 0.4) is 0 Å². The molecule has 0 amide bonds. The van der Waals surface area contributed by atoms with Gasteiger partial charge in [-0.3, -0.25) is 4.55 Å². The molecular formula is C12H26O6S. The van der Waals surface area contributed by atoms with Crippen LogP contribution < -0.4 is 0 Å². The zero-order chi connectivity index (χ0) is 14.4. The van der Waals surface area contributed by atoms with Gasteiger partial charge in [-0.05, 0) is 19.3 Å².